The Balaban J connectivity index is 1.93. The average molecular weight is 386 g/mol. The highest BCUT2D eigenvalue weighted by atomic mass is 35.5. The highest BCUT2D eigenvalue weighted by Gasteiger charge is 2.35. The van der Waals surface area contributed by atoms with Gasteiger partial charge in [-0.25, -0.2) is 4.79 Å². The third kappa shape index (κ3) is 2.91. The van der Waals surface area contributed by atoms with Crippen molar-refractivity contribution < 1.29 is 9.90 Å². The van der Waals surface area contributed by atoms with Gasteiger partial charge in [0.25, 0.3) is 5.56 Å². The fraction of sp³-hybridized carbons (Fsp3) is 0.278. The average Bonchev–Trinajstić information content (AvgIpc) is 3.29. The van der Waals surface area contributed by atoms with Gasteiger partial charge in [-0.1, -0.05) is 18.5 Å². The Kier molecular flexibility index (Phi) is 4.27. The largest absolute Gasteiger partial charge is 0.480 e. The summed E-state index contributed by atoms with van der Waals surface area (Å²) in [7, 11) is 0. The first-order chi connectivity index (χ1) is 13.0. The molecular formula is C18H16ClN5O3. The number of carbonyl (C=O) groups is 1. The first kappa shape index (κ1) is 17.4. The third-order valence-electron chi connectivity index (χ3n) is 4.98. The molecule has 138 valence electrons. The number of carboxylic acids is 1. The van der Waals surface area contributed by atoms with Gasteiger partial charge >= 0.3 is 5.97 Å². The van der Waals surface area contributed by atoms with E-state index in [9.17, 15) is 14.7 Å². The SMILES string of the molecule is CCC1C[C@H](C(=O)O)n2c1cc(-c1cc(Cl)ccc1-n1cnnn1)cc2=O. The monoisotopic (exact) mass is 385 g/mol. The van der Waals surface area contributed by atoms with E-state index in [0.717, 1.165) is 12.1 Å². The molecule has 0 spiro atoms. The van der Waals surface area contributed by atoms with Crippen LogP contribution in [0.3, 0.4) is 0 Å². The number of tetrazole rings is 1. The minimum atomic E-state index is -0.987. The maximum atomic E-state index is 12.8. The van der Waals surface area contributed by atoms with E-state index in [2.05, 4.69) is 15.5 Å². The van der Waals surface area contributed by atoms with Gasteiger partial charge in [0.15, 0.2) is 0 Å². The van der Waals surface area contributed by atoms with Gasteiger partial charge in [-0.05, 0) is 53.1 Å². The van der Waals surface area contributed by atoms with Crippen LogP contribution in [-0.2, 0) is 4.79 Å². The van der Waals surface area contributed by atoms with Gasteiger partial charge in [-0.15, -0.1) is 5.10 Å². The van der Waals surface area contributed by atoms with Gasteiger partial charge in [0.05, 0.1) is 5.69 Å². The fourth-order valence-electron chi connectivity index (χ4n) is 3.70. The Morgan fingerprint density at radius 3 is 2.81 bits per heavy atom. The molecular weight excluding hydrogens is 370 g/mol. The third-order valence-corrected chi connectivity index (χ3v) is 5.21. The molecule has 0 radical (unpaired) electrons. The van der Waals surface area contributed by atoms with Crippen LogP contribution in [0.25, 0.3) is 16.8 Å². The second-order valence-corrected chi connectivity index (χ2v) is 6.92. The summed E-state index contributed by atoms with van der Waals surface area (Å²) in [5, 5.41) is 21.2. The van der Waals surface area contributed by atoms with Crippen LogP contribution in [0, 0.1) is 0 Å². The molecule has 0 amide bonds. The Bertz CT molecular complexity index is 1080. The summed E-state index contributed by atoms with van der Waals surface area (Å²) in [5.74, 6) is -0.978. The van der Waals surface area contributed by atoms with Crippen molar-refractivity contribution in [1.29, 1.82) is 0 Å². The van der Waals surface area contributed by atoms with Crippen LogP contribution in [-0.4, -0.2) is 35.9 Å². The van der Waals surface area contributed by atoms with Gasteiger partial charge in [0.2, 0.25) is 0 Å². The zero-order chi connectivity index (χ0) is 19.1. The van der Waals surface area contributed by atoms with Gasteiger partial charge in [-0.3, -0.25) is 9.36 Å². The van der Waals surface area contributed by atoms with Crippen LogP contribution in [0.5, 0.6) is 0 Å². The Morgan fingerprint density at radius 1 is 1.33 bits per heavy atom. The predicted molar refractivity (Wildman–Crippen MR) is 98.2 cm³/mol. The zero-order valence-corrected chi connectivity index (χ0v) is 15.2. The predicted octanol–water partition coefficient (Wildman–Crippen LogP) is 2.67. The molecule has 1 aromatic carbocycles. The first-order valence-electron chi connectivity index (χ1n) is 8.52. The molecule has 1 unspecified atom stereocenters. The van der Waals surface area contributed by atoms with E-state index in [4.69, 9.17) is 11.6 Å². The number of hydrogen-bond acceptors (Lipinski definition) is 5. The Hall–Kier alpha value is -3.00. The van der Waals surface area contributed by atoms with E-state index in [1.165, 1.54) is 21.6 Å². The van der Waals surface area contributed by atoms with E-state index >= 15 is 0 Å². The molecule has 2 atom stereocenters. The Labute approximate surface area is 159 Å². The first-order valence-corrected chi connectivity index (χ1v) is 8.90. The second-order valence-electron chi connectivity index (χ2n) is 6.49. The van der Waals surface area contributed by atoms with Crippen molar-refractivity contribution in [2.75, 3.05) is 0 Å². The number of benzene rings is 1. The van der Waals surface area contributed by atoms with Crippen molar-refractivity contribution in [2.24, 2.45) is 0 Å². The topological polar surface area (TPSA) is 103 Å². The number of aliphatic carboxylic acids is 1. The van der Waals surface area contributed by atoms with E-state index < -0.39 is 12.0 Å². The minimum Gasteiger partial charge on any atom is -0.480 e. The molecule has 3 aromatic rings. The van der Waals surface area contributed by atoms with Crippen LogP contribution in [0.2, 0.25) is 5.02 Å². The lowest BCUT2D eigenvalue weighted by Crippen LogP contribution is -2.27. The van der Waals surface area contributed by atoms with Gasteiger partial charge in [0, 0.05) is 28.3 Å². The molecule has 0 bridgehead atoms. The summed E-state index contributed by atoms with van der Waals surface area (Å²) in [6.07, 6.45) is 2.63. The summed E-state index contributed by atoms with van der Waals surface area (Å²) >= 11 is 6.18. The molecule has 1 aliphatic rings. The summed E-state index contributed by atoms with van der Waals surface area (Å²) in [4.78, 5) is 24.4. The summed E-state index contributed by atoms with van der Waals surface area (Å²) in [6, 6.07) is 7.72. The van der Waals surface area contributed by atoms with E-state index in [1.807, 2.05) is 13.0 Å². The van der Waals surface area contributed by atoms with E-state index in [-0.39, 0.29) is 11.5 Å². The van der Waals surface area contributed by atoms with Crippen LogP contribution in [0.1, 0.15) is 37.4 Å². The summed E-state index contributed by atoms with van der Waals surface area (Å²) < 4.78 is 2.88. The van der Waals surface area contributed by atoms with Crippen molar-refractivity contribution in [3.8, 4) is 16.8 Å². The molecule has 2 aromatic heterocycles. The maximum absolute atomic E-state index is 12.8. The number of fused-ring (bicyclic) bond motifs is 1. The van der Waals surface area contributed by atoms with Crippen molar-refractivity contribution in [2.45, 2.75) is 31.7 Å². The highest BCUT2D eigenvalue weighted by Crippen LogP contribution is 2.39. The lowest BCUT2D eigenvalue weighted by molar-refractivity contribution is -0.140. The van der Waals surface area contributed by atoms with Crippen LogP contribution in [0.4, 0.5) is 0 Å². The van der Waals surface area contributed by atoms with Crippen LogP contribution in [0.15, 0.2) is 41.5 Å². The van der Waals surface area contributed by atoms with Crippen LogP contribution < -0.4 is 5.56 Å². The normalized spacial score (nSPS) is 18.4. The molecule has 9 heteroatoms. The fourth-order valence-corrected chi connectivity index (χ4v) is 3.87. The number of rotatable bonds is 4. The lowest BCUT2D eigenvalue weighted by atomic mass is 9.96. The number of nitrogens with zero attached hydrogens (tertiary/aromatic N) is 5. The summed E-state index contributed by atoms with van der Waals surface area (Å²) in [5.41, 5.74) is 2.42. The van der Waals surface area contributed by atoms with Crippen molar-refractivity contribution in [3.05, 3.63) is 57.7 Å². The van der Waals surface area contributed by atoms with Crippen molar-refractivity contribution >= 4 is 17.6 Å². The van der Waals surface area contributed by atoms with E-state index in [0.29, 0.717) is 28.3 Å². The molecule has 8 nitrogen and oxygen atoms in total. The quantitative estimate of drug-likeness (QED) is 0.740. The zero-order valence-electron chi connectivity index (χ0n) is 14.4. The van der Waals surface area contributed by atoms with Crippen molar-refractivity contribution in [1.82, 2.24) is 24.8 Å². The molecule has 1 aliphatic heterocycles. The summed E-state index contributed by atoms with van der Waals surface area (Å²) in [6.45, 7) is 1.99. The number of halogens is 1. The van der Waals surface area contributed by atoms with E-state index in [1.54, 1.807) is 18.2 Å². The smallest absolute Gasteiger partial charge is 0.326 e. The van der Waals surface area contributed by atoms with Crippen molar-refractivity contribution in [3.63, 3.8) is 0 Å². The molecule has 3 heterocycles. The molecule has 0 fully saturated rings. The molecule has 1 N–H and O–H groups in total. The Morgan fingerprint density at radius 2 is 2.15 bits per heavy atom. The standard InChI is InChI=1S/C18H16ClN5O3/c1-2-10-5-16(18(26)27)24-15(10)6-11(7-17(24)25)13-8-12(19)3-4-14(13)23-9-20-21-22-23/h3-4,6-10,16H,2,5H2,1H3,(H,26,27)/t10?,16-/m1/s1. The molecule has 27 heavy (non-hydrogen) atoms. The number of pyridine rings is 1. The molecule has 0 saturated carbocycles. The van der Waals surface area contributed by atoms with Crippen LogP contribution >= 0.6 is 11.6 Å². The number of carboxylic acid groups (broad SMARTS) is 1. The molecule has 4 rings (SSSR count). The van der Waals surface area contributed by atoms with Gasteiger partial charge in [0.1, 0.15) is 12.4 Å². The lowest BCUT2D eigenvalue weighted by Gasteiger charge is -2.14. The highest BCUT2D eigenvalue weighted by molar-refractivity contribution is 6.31. The van der Waals surface area contributed by atoms with Gasteiger partial charge in [-0.2, -0.15) is 4.68 Å². The van der Waals surface area contributed by atoms with Gasteiger partial charge < -0.3 is 5.11 Å². The maximum Gasteiger partial charge on any atom is 0.326 e. The molecule has 0 saturated heterocycles. The minimum absolute atomic E-state index is 0.00872. The second kappa shape index (κ2) is 6.62. The number of hydrogen-bond donors (Lipinski definition) is 1. The number of aromatic nitrogens is 5. The molecule has 0 aliphatic carbocycles.